The van der Waals surface area contributed by atoms with Gasteiger partial charge in [0.1, 0.15) is 0 Å². The third kappa shape index (κ3) is 3.82. The van der Waals surface area contributed by atoms with Gasteiger partial charge in [-0.2, -0.15) is 5.10 Å². The molecule has 0 aliphatic carbocycles. The van der Waals surface area contributed by atoms with Gasteiger partial charge in [-0.3, -0.25) is 14.4 Å². The van der Waals surface area contributed by atoms with E-state index in [2.05, 4.69) is 29.2 Å². The minimum atomic E-state index is -0.0735. The van der Waals surface area contributed by atoms with Crippen LogP contribution in [0.25, 0.3) is 0 Å². The van der Waals surface area contributed by atoms with E-state index in [1.54, 1.807) is 0 Å². The molecule has 0 aromatic carbocycles. The van der Waals surface area contributed by atoms with Crippen molar-refractivity contribution in [3.8, 4) is 0 Å². The van der Waals surface area contributed by atoms with Crippen LogP contribution in [0.2, 0.25) is 0 Å². The summed E-state index contributed by atoms with van der Waals surface area (Å²) in [5.74, 6) is 0.657. The van der Waals surface area contributed by atoms with Gasteiger partial charge in [-0.25, -0.2) is 0 Å². The van der Waals surface area contributed by atoms with Crippen LogP contribution in [0.5, 0.6) is 0 Å². The number of hydrogen-bond donors (Lipinski definition) is 1. The smallest absolute Gasteiger partial charge is 0.271 e. The number of carbonyl (C=O) groups excluding carboxylic acids is 1. The summed E-state index contributed by atoms with van der Waals surface area (Å²) in [4.78, 5) is 14.4. The van der Waals surface area contributed by atoms with Crippen LogP contribution in [-0.2, 0) is 13.1 Å². The van der Waals surface area contributed by atoms with Crippen molar-refractivity contribution in [2.45, 2.75) is 53.2 Å². The van der Waals surface area contributed by atoms with Crippen LogP contribution < -0.4 is 5.32 Å². The molecule has 0 unspecified atom stereocenters. The van der Waals surface area contributed by atoms with Crippen LogP contribution >= 0.6 is 0 Å². The molecule has 2 heterocycles. The highest BCUT2D eigenvalue weighted by atomic mass is 16.2. The van der Waals surface area contributed by atoms with Gasteiger partial charge < -0.3 is 5.32 Å². The van der Waals surface area contributed by atoms with Crippen molar-refractivity contribution in [2.24, 2.45) is 5.92 Å². The third-order valence-electron chi connectivity index (χ3n) is 3.55. The lowest BCUT2D eigenvalue weighted by atomic mass is 10.1. The molecular weight excluding hydrogens is 252 g/mol. The van der Waals surface area contributed by atoms with Gasteiger partial charge in [0.25, 0.3) is 5.91 Å². The van der Waals surface area contributed by atoms with E-state index in [0.717, 1.165) is 37.8 Å². The first-order valence-electron chi connectivity index (χ1n) is 7.55. The minimum Gasteiger partial charge on any atom is -0.348 e. The van der Waals surface area contributed by atoms with Crippen molar-refractivity contribution in [2.75, 3.05) is 13.1 Å². The van der Waals surface area contributed by atoms with Crippen molar-refractivity contribution in [1.29, 1.82) is 0 Å². The van der Waals surface area contributed by atoms with Crippen molar-refractivity contribution in [1.82, 2.24) is 20.0 Å². The van der Waals surface area contributed by atoms with Crippen LogP contribution in [0.3, 0.4) is 0 Å². The molecule has 5 heteroatoms. The quantitative estimate of drug-likeness (QED) is 0.894. The second kappa shape index (κ2) is 6.39. The molecule has 20 heavy (non-hydrogen) atoms. The van der Waals surface area contributed by atoms with E-state index in [1.165, 1.54) is 6.42 Å². The lowest BCUT2D eigenvalue weighted by Crippen LogP contribution is -2.35. The molecule has 112 valence electrons. The Kier molecular flexibility index (Phi) is 4.81. The Balaban J connectivity index is 1.99. The fraction of sp³-hybridized carbons (Fsp3) is 0.733. The molecule has 0 saturated carbocycles. The van der Waals surface area contributed by atoms with E-state index in [0.29, 0.717) is 5.69 Å². The molecule has 1 aliphatic rings. The SMILES string of the molecule is CC(C)CCN1CCn2nc(C(=O)NC(C)C)cc2C1. The normalized spacial score (nSPS) is 15.7. The fourth-order valence-electron chi connectivity index (χ4n) is 2.40. The molecular formula is C15H26N4O. The van der Waals surface area contributed by atoms with E-state index < -0.39 is 0 Å². The number of hydrogen-bond acceptors (Lipinski definition) is 3. The average Bonchev–Trinajstić information content (AvgIpc) is 2.78. The predicted molar refractivity (Wildman–Crippen MR) is 79.6 cm³/mol. The van der Waals surface area contributed by atoms with Crippen LogP contribution in [0.1, 0.15) is 50.3 Å². The summed E-state index contributed by atoms with van der Waals surface area (Å²) >= 11 is 0. The van der Waals surface area contributed by atoms with Gasteiger partial charge in [0.2, 0.25) is 0 Å². The number of fused-ring (bicyclic) bond motifs is 1. The Labute approximate surface area is 121 Å². The van der Waals surface area contributed by atoms with Crippen molar-refractivity contribution in [3.63, 3.8) is 0 Å². The summed E-state index contributed by atoms with van der Waals surface area (Å²) in [7, 11) is 0. The topological polar surface area (TPSA) is 50.2 Å². The number of aromatic nitrogens is 2. The minimum absolute atomic E-state index is 0.0735. The highest BCUT2D eigenvalue weighted by Gasteiger charge is 2.21. The summed E-state index contributed by atoms with van der Waals surface area (Å²) < 4.78 is 1.97. The Bertz CT molecular complexity index is 464. The summed E-state index contributed by atoms with van der Waals surface area (Å²) in [6, 6.07) is 2.07. The van der Waals surface area contributed by atoms with Gasteiger partial charge in [0.15, 0.2) is 5.69 Å². The Hall–Kier alpha value is -1.36. The first-order valence-corrected chi connectivity index (χ1v) is 7.55. The number of carbonyl (C=O) groups is 1. The second-order valence-electron chi connectivity index (χ2n) is 6.33. The largest absolute Gasteiger partial charge is 0.348 e. The van der Waals surface area contributed by atoms with Crippen molar-refractivity contribution >= 4 is 5.91 Å². The summed E-state index contributed by atoms with van der Waals surface area (Å²) in [5, 5.41) is 7.30. The van der Waals surface area contributed by atoms with Gasteiger partial charge in [-0.1, -0.05) is 13.8 Å². The van der Waals surface area contributed by atoms with E-state index in [1.807, 2.05) is 24.6 Å². The molecule has 0 atom stereocenters. The van der Waals surface area contributed by atoms with Crippen molar-refractivity contribution < 1.29 is 4.79 Å². The van der Waals surface area contributed by atoms with E-state index in [9.17, 15) is 4.79 Å². The Morgan fingerprint density at radius 1 is 1.35 bits per heavy atom. The van der Waals surface area contributed by atoms with Crippen LogP contribution in [0.15, 0.2) is 6.07 Å². The lowest BCUT2D eigenvalue weighted by molar-refractivity contribution is 0.0937. The predicted octanol–water partition coefficient (Wildman–Crippen LogP) is 1.88. The summed E-state index contributed by atoms with van der Waals surface area (Å²) in [5.41, 5.74) is 1.69. The van der Waals surface area contributed by atoms with E-state index in [-0.39, 0.29) is 11.9 Å². The number of nitrogens with zero attached hydrogens (tertiary/aromatic N) is 3. The lowest BCUT2D eigenvalue weighted by Gasteiger charge is -2.27. The van der Waals surface area contributed by atoms with Crippen LogP contribution in [0.4, 0.5) is 0 Å². The van der Waals surface area contributed by atoms with Crippen LogP contribution in [0, 0.1) is 5.92 Å². The van der Waals surface area contributed by atoms with Crippen molar-refractivity contribution in [3.05, 3.63) is 17.5 Å². The third-order valence-corrected chi connectivity index (χ3v) is 3.55. The number of rotatable bonds is 5. The summed E-state index contributed by atoms with van der Waals surface area (Å²) in [6.45, 7) is 12.3. The molecule has 1 aromatic heterocycles. The molecule has 5 nitrogen and oxygen atoms in total. The van der Waals surface area contributed by atoms with Gasteiger partial charge in [0.05, 0.1) is 12.2 Å². The van der Waals surface area contributed by atoms with E-state index >= 15 is 0 Å². The maximum absolute atomic E-state index is 12.0. The maximum Gasteiger partial charge on any atom is 0.271 e. The highest BCUT2D eigenvalue weighted by Crippen LogP contribution is 2.15. The first-order chi connectivity index (χ1) is 9.45. The molecule has 0 radical (unpaired) electrons. The average molecular weight is 278 g/mol. The van der Waals surface area contributed by atoms with Gasteiger partial charge in [-0.15, -0.1) is 0 Å². The fourth-order valence-corrected chi connectivity index (χ4v) is 2.40. The Morgan fingerprint density at radius 3 is 2.75 bits per heavy atom. The molecule has 0 bridgehead atoms. The zero-order valence-electron chi connectivity index (χ0n) is 13.0. The Morgan fingerprint density at radius 2 is 2.10 bits per heavy atom. The van der Waals surface area contributed by atoms with Crippen LogP contribution in [-0.4, -0.2) is 39.7 Å². The zero-order chi connectivity index (χ0) is 14.7. The maximum atomic E-state index is 12.0. The molecule has 1 aromatic rings. The molecule has 0 fully saturated rings. The summed E-state index contributed by atoms with van der Waals surface area (Å²) in [6.07, 6.45) is 1.22. The molecule has 1 amide bonds. The highest BCUT2D eigenvalue weighted by molar-refractivity contribution is 5.92. The van der Waals surface area contributed by atoms with Gasteiger partial charge in [-0.05, 0) is 38.8 Å². The van der Waals surface area contributed by atoms with Gasteiger partial charge in [0, 0.05) is 19.1 Å². The standard InChI is InChI=1S/C15H26N4O/c1-11(2)5-6-18-7-8-19-13(10-18)9-14(17-19)15(20)16-12(3)4/h9,11-12H,5-8,10H2,1-4H3,(H,16,20). The van der Waals surface area contributed by atoms with Gasteiger partial charge >= 0.3 is 0 Å². The van der Waals surface area contributed by atoms with E-state index in [4.69, 9.17) is 0 Å². The monoisotopic (exact) mass is 278 g/mol. The number of nitrogens with one attached hydrogen (secondary N) is 1. The number of amides is 1. The molecule has 0 saturated heterocycles. The molecule has 1 N–H and O–H groups in total. The molecule has 2 rings (SSSR count). The first kappa shape index (κ1) is 15.0. The molecule has 0 spiro atoms. The zero-order valence-corrected chi connectivity index (χ0v) is 13.0. The second-order valence-corrected chi connectivity index (χ2v) is 6.33. The molecule has 1 aliphatic heterocycles.